The number of carbonyl (C=O) groups is 2. The smallest absolute Gasteiger partial charge is 0.329 e. The molecule has 0 radical (unpaired) electrons. The second kappa shape index (κ2) is 6.71. The van der Waals surface area contributed by atoms with Crippen LogP contribution in [0.4, 0.5) is 0 Å². The Labute approximate surface area is 118 Å². The first kappa shape index (κ1) is 15.7. The summed E-state index contributed by atoms with van der Waals surface area (Å²) in [7, 11) is 0. The summed E-state index contributed by atoms with van der Waals surface area (Å²) in [6, 6.07) is 8.65. The van der Waals surface area contributed by atoms with Gasteiger partial charge in [0.2, 0.25) is 0 Å². The highest BCUT2D eigenvalue weighted by Gasteiger charge is 2.34. The van der Waals surface area contributed by atoms with Crippen molar-refractivity contribution in [2.75, 3.05) is 0 Å². The number of aliphatic carboxylic acids is 1. The molecule has 0 fully saturated rings. The van der Waals surface area contributed by atoms with E-state index in [9.17, 15) is 14.7 Å². The molecule has 0 heterocycles. The number of amides is 1. The quantitative estimate of drug-likeness (QED) is 0.831. The Morgan fingerprint density at radius 1 is 1.45 bits per heavy atom. The minimum Gasteiger partial charge on any atom is -0.480 e. The van der Waals surface area contributed by atoms with Gasteiger partial charge in [0.15, 0.2) is 0 Å². The first-order chi connectivity index (χ1) is 9.42. The molecule has 0 saturated heterocycles. The molecule has 20 heavy (non-hydrogen) atoms. The van der Waals surface area contributed by atoms with Gasteiger partial charge in [-0.15, -0.1) is 0 Å². The maximum atomic E-state index is 12.1. The van der Waals surface area contributed by atoms with E-state index < -0.39 is 17.4 Å². The van der Waals surface area contributed by atoms with Gasteiger partial charge in [0, 0.05) is 5.56 Å². The minimum absolute atomic E-state index is 0.215. The number of carboxylic acid groups (broad SMARTS) is 1. The minimum atomic E-state index is -1.28. The fourth-order valence-corrected chi connectivity index (χ4v) is 1.96. The highest BCUT2D eigenvalue weighted by Crippen LogP contribution is 2.14. The van der Waals surface area contributed by atoms with E-state index in [1.54, 1.807) is 24.3 Å². The van der Waals surface area contributed by atoms with Gasteiger partial charge in [-0.2, -0.15) is 5.26 Å². The molecule has 0 aliphatic heterocycles. The van der Waals surface area contributed by atoms with Crippen LogP contribution in [0.2, 0.25) is 0 Å². The third-order valence-corrected chi connectivity index (χ3v) is 3.08. The average Bonchev–Trinajstić information content (AvgIpc) is 2.39. The predicted molar refractivity (Wildman–Crippen MR) is 74.2 cm³/mol. The van der Waals surface area contributed by atoms with Crippen molar-refractivity contribution in [3.63, 3.8) is 0 Å². The lowest BCUT2D eigenvalue weighted by Crippen LogP contribution is -2.52. The summed E-state index contributed by atoms with van der Waals surface area (Å²) in [5, 5.41) is 20.4. The van der Waals surface area contributed by atoms with Crippen molar-refractivity contribution >= 4 is 11.9 Å². The van der Waals surface area contributed by atoms with Crippen LogP contribution in [0.3, 0.4) is 0 Å². The largest absolute Gasteiger partial charge is 0.480 e. The van der Waals surface area contributed by atoms with Gasteiger partial charge >= 0.3 is 5.97 Å². The topological polar surface area (TPSA) is 90.2 Å². The van der Waals surface area contributed by atoms with E-state index in [-0.39, 0.29) is 6.42 Å². The molecule has 0 aliphatic carbocycles. The summed E-state index contributed by atoms with van der Waals surface area (Å²) in [4.78, 5) is 23.4. The Morgan fingerprint density at radius 3 is 2.70 bits per heavy atom. The Balaban J connectivity index is 2.92. The number of nitrogens with zero attached hydrogens (tertiary/aromatic N) is 1. The zero-order valence-corrected chi connectivity index (χ0v) is 11.6. The Bertz CT molecular complexity index is 548. The molecule has 1 aromatic carbocycles. The van der Waals surface area contributed by atoms with Gasteiger partial charge in [0.25, 0.3) is 5.91 Å². The molecule has 2 N–H and O–H groups in total. The van der Waals surface area contributed by atoms with Crippen LogP contribution in [0.15, 0.2) is 24.3 Å². The molecular weight excluding hydrogens is 256 g/mol. The molecule has 0 aromatic heterocycles. The second-order valence-electron chi connectivity index (χ2n) is 4.88. The number of rotatable bonds is 6. The summed E-state index contributed by atoms with van der Waals surface area (Å²) in [6.07, 6.45) is 1.22. The van der Waals surface area contributed by atoms with Crippen molar-refractivity contribution in [3.05, 3.63) is 35.4 Å². The lowest BCUT2D eigenvalue weighted by molar-refractivity contribution is -0.144. The van der Waals surface area contributed by atoms with Crippen LogP contribution in [0.5, 0.6) is 0 Å². The molecule has 0 bridgehead atoms. The molecule has 1 unspecified atom stereocenters. The van der Waals surface area contributed by atoms with Crippen LogP contribution in [0, 0.1) is 11.3 Å². The third-order valence-electron chi connectivity index (χ3n) is 3.08. The monoisotopic (exact) mass is 274 g/mol. The fraction of sp³-hybridized carbons (Fsp3) is 0.400. The van der Waals surface area contributed by atoms with Crippen molar-refractivity contribution in [2.45, 2.75) is 38.6 Å². The summed E-state index contributed by atoms with van der Waals surface area (Å²) in [6.45, 7) is 3.36. The fourth-order valence-electron chi connectivity index (χ4n) is 1.96. The zero-order chi connectivity index (χ0) is 15.2. The standard InChI is InChI=1S/C15H18N2O3/c1-3-8-15(2,14(19)20)17-13(18)12-6-4-5-11(10-12)7-9-16/h4-6,10H,3,7-8H2,1-2H3,(H,17,18)(H,19,20). The maximum Gasteiger partial charge on any atom is 0.329 e. The predicted octanol–water partition coefficient (Wildman–Crippen LogP) is 2.13. The number of benzene rings is 1. The number of hydrogen-bond acceptors (Lipinski definition) is 3. The summed E-state index contributed by atoms with van der Waals surface area (Å²) >= 11 is 0. The van der Waals surface area contributed by atoms with Crippen LogP contribution in [-0.2, 0) is 11.2 Å². The highest BCUT2D eigenvalue weighted by atomic mass is 16.4. The van der Waals surface area contributed by atoms with Crippen molar-refractivity contribution in [1.29, 1.82) is 5.26 Å². The van der Waals surface area contributed by atoms with Crippen LogP contribution >= 0.6 is 0 Å². The van der Waals surface area contributed by atoms with Crippen molar-refractivity contribution in [2.24, 2.45) is 0 Å². The average molecular weight is 274 g/mol. The SMILES string of the molecule is CCCC(C)(NC(=O)c1cccc(CC#N)c1)C(=O)O. The summed E-state index contributed by atoms with van der Waals surface area (Å²) < 4.78 is 0. The van der Waals surface area contributed by atoms with Gasteiger partial charge < -0.3 is 10.4 Å². The number of carbonyl (C=O) groups excluding carboxylic acids is 1. The highest BCUT2D eigenvalue weighted by molar-refractivity contribution is 5.97. The first-order valence-electron chi connectivity index (χ1n) is 6.44. The van der Waals surface area contributed by atoms with E-state index in [0.717, 1.165) is 5.56 Å². The van der Waals surface area contributed by atoms with E-state index in [1.807, 2.05) is 13.0 Å². The molecule has 1 atom stereocenters. The van der Waals surface area contributed by atoms with Crippen LogP contribution in [0.1, 0.15) is 42.6 Å². The molecule has 1 amide bonds. The molecule has 5 heteroatoms. The number of hydrogen-bond donors (Lipinski definition) is 2. The van der Waals surface area contributed by atoms with Gasteiger partial charge in [0.05, 0.1) is 12.5 Å². The zero-order valence-electron chi connectivity index (χ0n) is 11.6. The Hall–Kier alpha value is -2.35. The van der Waals surface area contributed by atoms with E-state index in [0.29, 0.717) is 18.4 Å². The van der Waals surface area contributed by atoms with E-state index in [4.69, 9.17) is 5.26 Å². The molecule has 0 aliphatic rings. The van der Waals surface area contributed by atoms with Gasteiger partial charge in [-0.25, -0.2) is 4.79 Å². The Morgan fingerprint density at radius 2 is 2.15 bits per heavy atom. The maximum absolute atomic E-state index is 12.1. The van der Waals surface area contributed by atoms with Gasteiger partial charge in [-0.05, 0) is 31.0 Å². The second-order valence-corrected chi connectivity index (χ2v) is 4.88. The summed E-state index contributed by atoms with van der Waals surface area (Å²) in [5.74, 6) is -1.50. The molecule has 1 aromatic rings. The molecule has 0 spiro atoms. The molecule has 5 nitrogen and oxygen atoms in total. The normalized spacial score (nSPS) is 13.1. The van der Waals surface area contributed by atoms with Crippen LogP contribution in [-0.4, -0.2) is 22.5 Å². The van der Waals surface area contributed by atoms with Crippen molar-refractivity contribution < 1.29 is 14.7 Å². The Kier molecular flexibility index (Phi) is 5.27. The van der Waals surface area contributed by atoms with Crippen LogP contribution < -0.4 is 5.32 Å². The van der Waals surface area contributed by atoms with E-state index >= 15 is 0 Å². The summed E-state index contributed by atoms with van der Waals surface area (Å²) in [5.41, 5.74) is -0.189. The number of nitriles is 1. The third kappa shape index (κ3) is 3.82. The molecular formula is C15H18N2O3. The molecule has 106 valence electrons. The van der Waals surface area contributed by atoms with E-state index in [2.05, 4.69) is 5.32 Å². The van der Waals surface area contributed by atoms with E-state index in [1.165, 1.54) is 6.92 Å². The van der Waals surface area contributed by atoms with Crippen LogP contribution in [0.25, 0.3) is 0 Å². The van der Waals surface area contributed by atoms with Gasteiger partial charge in [0.1, 0.15) is 5.54 Å². The lowest BCUT2D eigenvalue weighted by Gasteiger charge is -2.25. The van der Waals surface area contributed by atoms with Gasteiger partial charge in [-0.3, -0.25) is 4.79 Å². The van der Waals surface area contributed by atoms with Crippen molar-refractivity contribution in [1.82, 2.24) is 5.32 Å². The van der Waals surface area contributed by atoms with Crippen molar-refractivity contribution in [3.8, 4) is 6.07 Å². The molecule has 1 rings (SSSR count). The van der Waals surface area contributed by atoms with Gasteiger partial charge in [-0.1, -0.05) is 25.5 Å². The lowest BCUT2D eigenvalue weighted by atomic mass is 9.95. The first-order valence-corrected chi connectivity index (χ1v) is 6.44. The number of carboxylic acids is 1. The number of nitrogens with one attached hydrogen (secondary N) is 1. The molecule has 0 saturated carbocycles.